The number of amides is 2. The molecule has 0 saturated heterocycles. The molecular weight excluding hydrogens is 454 g/mol. The van der Waals surface area contributed by atoms with Gasteiger partial charge in [-0.05, 0) is 29.2 Å². The first kappa shape index (κ1) is 23.9. The summed E-state index contributed by atoms with van der Waals surface area (Å²) in [6, 6.07) is 14.7. The lowest BCUT2D eigenvalue weighted by Crippen LogP contribution is -2.47. The number of carboxylic acid groups (broad SMARTS) is 1. The van der Waals surface area contributed by atoms with Gasteiger partial charge < -0.3 is 25.6 Å². The van der Waals surface area contributed by atoms with Crippen LogP contribution in [0, 0.1) is 0 Å². The number of rotatable bonds is 9. The predicted molar refractivity (Wildman–Crippen MR) is 124 cm³/mol. The van der Waals surface area contributed by atoms with Crippen LogP contribution in [0.4, 0.5) is 4.79 Å². The number of hydrogen-bond acceptors (Lipinski definition) is 7. The summed E-state index contributed by atoms with van der Waals surface area (Å²) in [6.07, 6.45) is -0.547. The average molecular weight is 479 g/mol. The molecule has 0 fully saturated rings. The number of carbonyl (C=O) groups excluding carboxylic acids is 2. The Morgan fingerprint density at radius 2 is 1.71 bits per heavy atom. The molecule has 1 heterocycles. The van der Waals surface area contributed by atoms with E-state index in [1.54, 1.807) is 0 Å². The van der Waals surface area contributed by atoms with Crippen LogP contribution < -0.4 is 10.6 Å². The van der Waals surface area contributed by atoms with Crippen molar-refractivity contribution in [3.63, 3.8) is 0 Å². The number of ether oxygens (including phenoxy) is 1. The number of aromatic nitrogens is 3. The van der Waals surface area contributed by atoms with Crippen molar-refractivity contribution >= 4 is 18.0 Å². The topological polar surface area (TPSA) is 156 Å². The number of aliphatic carboxylic acids is 1. The SMILES string of the molecule is C[C@@H](O)[C@H](NC(=O)c1cn(CCNC(=O)OCC2c3ccccc3-c3ccccc32)nn1)C(=O)O. The van der Waals surface area contributed by atoms with Crippen LogP contribution in [0.25, 0.3) is 11.1 Å². The number of carboxylic acids is 1. The van der Waals surface area contributed by atoms with Crippen molar-refractivity contribution in [1.29, 1.82) is 0 Å². The fraction of sp³-hybridized carbons (Fsp3) is 0.292. The van der Waals surface area contributed by atoms with Gasteiger partial charge in [0.25, 0.3) is 5.91 Å². The maximum Gasteiger partial charge on any atom is 0.407 e. The number of nitrogens with one attached hydrogen (secondary N) is 2. The number of benzene rings is 2. The second-order valence-corrected chi connectivity index (χ2v) is 8.15. The first-order valence-electron chi connectivity index (χ1n) is 11.1. The summed E-state index contributed by atoms with van der Waals surface area (Å²) in [5, 5.41) is 30.8. The van der Waals surface area contributed by atoms with Crippen LogP contribution in [0.15, 0.2) is 54.7 Å². The summed E-state index contributed by atoms with van der Waals surface area (Å²) < 4.78 is 6.80. The summed E-state index contributed by atoms with van der Waals surface area (Å²) in [7, 11) is 0. The van der Waals surface area contributed by atoms with E-state index in [1.807, 2.05) is 36.4 Å². The zero-order valence-electron chi connectivity index (χ0n) is 18.9. The zero-order chi connectivity index (χ0) is 24.9. The average Bonchev–Trinajstić information content (AvgIpc) is 3.44. The van der Waals surface area contributed by atoms with Gasteiger partial charge in [-0.25, -0.2) is 14.3 Å². The van der Waals surface area contributed by atoms with Crippen LogP contribution in [0.5, 0.6) is 0 Å². The Morgan fingerprint density at radius 3 is 2.31 bits per heavy atom. The number of nitrogens with zero attached hydrogens (tertiary/aromatic N) is 3. The highest BCUT2D eigenvalue weighted by molar-refractivity contribution is 5.94. The molecule has 3 aromatic rings. The molecule has 0 unspecified atom stereocenters. The Hall–Kier alpha value is -4.25. The molecule has 2 aromatic carbocycles. The Morgan fingerprint density at radius 1 is 1.09 bits per heavy atom. The van der Waals surface area contributed by atoms with Crippen LogP contribution in [0.3, 0.4) is 0 Å². The third kappa shape index (κ3) is 5.30. The van der Waals surface area contributed by atoms with Gasteiger partial charge in [0.1, 0.15) is 6.61 Å². The number of hydrogen-bond donors (Lipinski definition) is 4. The first-order valence-corrected chi connectivity index (χ1v) is 11.1. The number of aliphatic hydroxyl groups excluding tert-OH is 1. The molecule has 0 aliphatic heterocycles. The van der Waals surface area contributed by atoms with Gasteiger partial charge in [-0.2, -0.15) is 0 Å². The first-order chi connectivity index (χ1) is 16.8. The number of alkyl carbamates (subject to hydrolysis) is 1. The quantitative estimate of drug-likeness (QED) is 0.359. The molecular formula is C24H25N5O6. The lowest BCUT2D eigenvalue weighted by atomic mass is 9.98. The maximum absolute atomic E-state index is 12.3. The van der Waals surface area contributed by atoms with Gasteiger partial charge >= 0.3 is 12.1 Å². The van der Waals surface area contributed by atoms with Gasteiger partial charge in [-0.1, -0.05) is 53.7 Å². The molecule has 11 nitrogen and oxygen atoms in total. The summed E-state index contributed by atoms with van der Waals surface area (Å²) >= 11 is 0. The van der Waals surface area contributed by atoms with Crippen LogP contribution in [0.2, 0.25) is 0 Å². The van der Waals surface area contributed by atoms with Gasteiger partial charge in [-0.3, -0.25) is 4.79 Å². The van der Waals surface area contributed by atoms with Crippen molar-refractivity contribution in [2.75, 3.05) is 13.2 Å². The van der Waals surface area contributed by atoms with E-state index >= 15 is 0 Å². The molecule has 0 bridgehead atoms. The number of carbonyl (C=O) groups is 3. The Balaban J connectivity index is 1.26. The molecule has 182 valence electrons. The van der Waals surface area contributed by atoms with Crippen molar-refractivity contribution in [1.82, 2.24) is 25.6 Å². The van der Waals surface area contributed by atoms with Crippen molar-refractivity contribution in [3.8, 4) is 11.1 Å². The molecule has 0 radical (unpaired) electrons. The third-order valence-corrected chi connectivity index (χ3v) is 5.76. The normalized spacial score (nSPS) is 13.9. The van der Waals surface area contributed by atoms with E-state index in [9.17, 15) is 19.5 Å². The Labute approximate surface area is 200 Å². The smallest absolute Gasteiger partial charge is 0.407 e. The molecule has 2 atom stereocenters. The highest BCUT2D eigenvalue weighted by atomic mass is 16.5. The van der Waals surface area contributed by atoms with Gasteiger partial charge in [0.05, 0.1) is 18.8 Å². The Bertz CT molecular complexity index is 1190. The van der Waals surface area contributed by atoms with E-state index in [1.165, 1.54) is 17.8 Å². The van der Waals surface area contributed by atoms with Gasteiger partial charge in [0.2, 0.25) is 0 Å². The lowest BCUT2D eigenvalue weighted by Gasteiger charge is -2.15. The van der Waals surface area contributed by atoms with Gasteiger partial charge in [0.15, 0.2) is 11.7 Å². The zero-order valence-corrected chi connectivity index (χ0v) is 18.9. The Kier molecular flexibility index (Phi) is 7.06. The minimum atomic E-state index is -1.47. The highest BCUT2D eigenvalue weighted by Gasteiger charge is 2.29. The second kappa shape index (κ2) is 10.3. The molecule has 1 aliphatic carbocycles. The molecule has 35 heavy (non-hydrogen) atoms. The van der Waals surface area contributed by atoms with Crippen molar-refractivity contribution in [2.24, 2.45) is 0 Å². The summed E-state index contributed by atoms with van der Waals surface area (Å²) in [5.74, 6) is -2.19. The van der Waals surface area contributed by atoms with Crippen LogP contribution in [0.1, 0.15) is 34.5 Å². The van der Waals surface area contributed by atoms with Crippen LogP contribution in [-0.2, 0) is 16.1 Å². The maximum atomic E-state index is 12.3. The second-order valence-electron chi connectivity index (χ2n) is 8.15. The van der Waals surface area contributed by atoms with E-state index in [0.717, 1.165) is 22.3 Å². The van der Waals surface area contributed by atoms with Crippen molar-refractivity contribution < 1.29 is 29.3 Å². The molecule has 4 rings (SSSR count). The number of fused-ring (bicyclic) bond motifs is 3. The predicted octanol–water partition coefficient (Wildman–Crippen LogP) is 1.38. The number of aliphatic hydroxyl groups is 1. The third-order valence-electron chi connectivity index (χ3n) is 5.76. The lowest BCUT2D eigenvalue weighted by molar-refractivity contribution is -0.141. The monoisotopic (exact) mass is 479 g/mol. The standard InChI is InChI=1S/C24H25N5O6/c1-14(30)21(23(32)33)26-22(31)20-12-29(28-27-20)11-10-25-24(34)35-13-19-17-8-4-2-6-15(17)16-7-3-5-9-18(16)19/h2-9,12,14,19,21,30H,10-11,13H2,1H3,(H,25,34)(H,26,31)(H,32,33)/t14-,21+/m1/s1. The minimum absolute atomic E-state index is 0.0409. The molecule has 1 aromatic heterocycles. The van der Waals surface area contributed by atoms with E-state index in [0.29, 0.717) is 0 Å². The van der Waals surface area contributed by atoms with Crippen LogP contribution in [-0.4, -0.2) is 68.5 Å². The largest absolute Gasteiger partial charge is 0.480 e. The summed E-state index contributed by atoms with van der Waals surface area (Å²) in [5.41, 5.74) is 4.42. The van der Waals surface area contributed by atoms with E-state index in [-0.39, 0.29) is 31.3 Å². The van der Waals surface area contributed by atoms with Crippen molar-refractivity contribution in [3.05, 3.63) is 71.5 Å². The van der Waals surface area contributed by atoms with E-state index < -0.39 is 30.1 Å². The molecule has 2 amide bonds. The fourth-order valence-corrected chi connectivity index (χ4v) is 4.04. The summed E-state index contributed by atoms with van der Waals surface area (Å²) in [4.78, 5) is 35.5. The van der Waals surface area contributed by atoms with Crippen LogP contribution >= 0.6 is 0 Å². The molecule has 0 spiro atoms. The molecule has 0 saturated carbocycles. The van der Waals surface area contributed by atoms with Gasteiger partial charge in [0, 0.05) is 12.5 Å². The molecule has 1 aliphatic rings. The fourth-order valence-electron chi connectivity index (χ4n) is 4.04. The molecule has 4 N–H and O–H groups in total. The van der Waals surface area contributed by atoms with Gasteiger partial charge in [-0.15, -0.1) is 5.10 Å². The molecule has 11 heteroatoms. The summed E-state index contributed by atoms with van der Waals surface area (Å²) in [6.45, 7) is 1.84. The highest BCUT2D eigenvalue weighted by Crippen LogP contribution is 2.44. The van der Waals surface area contributed by atoms with E-state index in [2.05, 4.69) is 33.1 Å². The minimum Gasteiger partial charge on any atom is -0.480 e. The van der Waals surface area contributed by atoms with Crippen molar-refractivity contribution in [2.45, 2.75) is 31.5 Å². The van der Waals surface area contributed by atoms with E-state index in [4.69, 9.17) is 9.84 Å².